The van der Waals surface area contributed by atoms with Crippen molar-refractivity contribution in [2.24, 2.45) is 0 Å². The fourth-order valence-corrected chi connectivity index (χ4v) is 5.52. The van der Waals surface area contributed by atoms with Crippen LogP contribution >= 0.6 is 0 Å². The van der Waals surface area contributed by atoms with E-state index in [0.717, 1.165) is 58.1 Å². The summed E-state index contributed by atoms with van der Waals surface area (Å²) in [4.78, 5) is 14.8. The van der Waals surface area contributed by atoms with Gasteiger partial charge < -0.3 is 0 Å². The highest BCUT2D eigenvalue weighted by Gasteiger charge is 2.22. The molecular weight excluding hydrogens is 452 g/mol. The molecule has 4 nitrogen and oxygen atoms in total. The number of rotatable bonds is 4. The first-order chi connectivity index (χ1) is 18.3. The molecule has 4 heteroatoms. The van der Waals surface area contributed by atoms with Crippen LogP contribution in [0.3, 0.4) is 0 Å². The van der Waals surface area contributed by atoms with Gasteiger partial charge in [-0.25, -0.2) is 15.0 Å². The molecule has 0 aliphatic heterocycles. The second-order valence-electron chi connectivity index (χ2n) is 9.59. The largest absolute Gasteiger partial charge is 0.298 e. The Morgan fingerprint density at radius 2 is 1.30 bits per heavy atom. The second kappa shape index (κ2) is 9.14. The first-order valence-electron chi connectivity index (χ1n) is 12.9. The molecule has 0 bridgehead atoms. The summed E-state index contributed by atoms with van der Waals surface area (Å²) in [6.07, 6.45) is 6.57. The molecule has 37 heavy (non-hydrogen) atoms. The van der Waals surface area contributed by atoms with Gasteiger partial charge in [0.1, 0.15) is 5.65 Å². The number of pyridine rings is 1. The summed E-state index contributed by atoms with van der Waals surface area (Å²) in [5.74, 6) is 0.729. The maximum atomic E-state index is 5.04. The van der Waals surface area contributed by atoms with Crippen molar-refractivity contribution in [1.82, 2.24) is 19.5 Å². The molecule has 3 aromatic heterocycles. The number of aryl methyl sites for hydroxylation is 1. The molecule has 0 N–H and O–H groups in total. The summed E-state index contributed by atoms with van der Waals surface area (Å²) in [6, 6.07) is 35.6. The van der Waals surface area contributed by atoms with Gasteiger partial charge in [-0.05, 0) is 61.6 Å². The van der Waals surface area contributed by atoms with Crippen molar-refractivity contribution >= 4 is 11.0 Å². The number of fused-ring (bicyclic) bond motifs is 3. The maximum absolute atomic E-state index is 5.04. The molecule has 0 saturated heterocycles. The lowest BCUT2D eigenvalue weighted by molar-refractivity contribution is 0.666. The number of nitrogens with zero attached hydrogens (tertiary/aromatic N) is 4. The van der Waals surface area contributed by atoms with Crippen LogP contribution in [-0.4, -0.2) is 19.5 Å². The van der Waals surface area contributed by atoms with E-state index < -0.39 is 0 Å². The molecule has 0 spiro atoms. The highest BCUT2D eigenvalue weighted by molar-refractivity contribution is 5.85. The molecule has 7 rings (SSSR count). The van der Waals surface area contributed by atoms with Gasteiger partial charge in [0.25, 0.3) is 0 Å². The smallest absolute Gasteiger partial charge is 0.160 e. The van der Waals surface area contributed by atoms with Crippen LogP contribution in [0.1, 0.15) is 24.1 Å². The number of benzene rings is 3. The van der Waals surface area contributed by atoms with Crippen molar-refractivity contribution in [3.8, 4) is 39.6 Å². The van der Waals surface area contributed by atoms with Crippen LogP contribution in [0.4, 0.5) is 0 Å². The Balaban J connectivity index is 1.41. The highest BCUT2D eigenvalue weighted by atomic mass is 15.1. The Morgan fingerprint density at radius 1 is 0.595 bits per heavy atom. The molecular formula is C33H26N4. The summed E-state index contributed by atoms with van der Waals surface area (Å²) >= 11 is 0. The zero-order chi connectivity index (χ0) is 24.6. The van der Waals surface area contributed by atoms with E-state index in [2.05, 4.69) is 71.3 Å². The quantitative estimate of drug-likeness (QED) is 0.261. The molecule has 1 aliphatic rings. The summed E-state index contributed by atoms with van der Waals surface area (Å²) in [7, 11) is 0. The molecule has 0 unspecified atom stereocenters. The van der Waals surface area contributed by atoms with E-state index in [1.165, 1.54) is 29.5 Å². The van der Waals surface area contributed by atoms with Crippen LogP contribution < -0.4 is 0 Å². The fourth-order valence-electron chi connectivity index (χ4n) is 5.52. The SMILES string of the molecule is c1ccc(-c2cc(-c3cccc(-n4c5c(c6cccnc64)CCCC5)c3)nc(-c3ccccc3)n2)cc1. The van der Waals surface area contributed by atoms with Gasteiger partial charge in [-0.3, -0.25) is 4.57 Å². The highest BCUT2D eigenvalue weighted by Crippen LogP contribution is 2.35. The average molecular weight is 479 g/mol. The Morgan fingerprint density at radius 3 is 2.11 bits per heavy atom. The molecule has 178 valence electrons. The minimum absolute atomic E-state index is 0.729. The standard InChI is InChI=1S/C33H26N4/c1-3-11-23(12-4-1)29-22-30(36-32(35-29)24-13-5-2-6-14-24)25-15-9-16-26(21-25)37-31-19-8-7-17-27(31)28-18-10-20-34-33(28)37/h1-6,9-16,18,20-22H,7-8,17,19H2. The van der Waals surface area contributed by atoms with Crippen molar-refractivity contribution in [2.45, 2.75) is 25.7 Å². The van der Waals surface area contributed by atoms with Gasteiger partial charge in [-0.15, -0.1) is 0 Å². The maximum Gasteiger partial charge on any atom is 0.160 e. The lowest BCUT2D eigenvalue weighted by Gasteiger charge is -2.16. The van der Waals surface area contributed by atoms with Crippen molar-refractivity contribution in [1.29, 1.82) is 0 Å². The van der Waals surface area contributed by atoms with Crippen molar-refractivity contribution in [2.75, 3.05) is 0 Å². The van der Waals surface area contributed by atoms with Crippen molar-refractivity contribution in [3.63, 3.8) is 0 Å². The number of aromatic nitrogens is 4. The second-order valence-corrected chi connectivity index (χ2v) is 9.59. The third-order valence-corrected chi connectivity index (χ3v) is 7.26. The number of hydrogen-bond acceptors (Lipinski definition) is 3. The van der Waals surface area contributed by atoms with Gasteiger partial charge in [-0.2, -0.15) is 0 Å². The summed E-state index contributed by atoms with van der Waals surface area (Å²) in [5.41, 5.74) is 10.0. The molecule has 0 radical (unpaired) electrons. The van der Waals surface area contributed by atoms with E-state index in [1.807, 2.05) is 42.6 Å². The Hall–Kier alpha value is -4.57. The van der Waals surface area contributed by atoms with E-state index in [-0.39, 0.29) is 0 Å². The zero-order valence-electron chi connectivity index (χ0n) is 20.5. The van der Waals surface area contributed by atoms with Gasteiger partial charge in [0.2, 0.25) is 0 Å². The molecule has 1 aliphatic carbocycles. The predicted molar refractivity (Wildman–Crippen MR) is 150 cm³/mol. The zero-order valence-corrected chi connectivity index (χ0v) is 20.5. The van der Waals surface area contributed by atoms with Gasteiger partial charge in [0.15, 0.2) is 5.82 Å². The van der Waals surface area contributed by atoms with Crippen LogP contribution in [0.15, 0.2) is 109 Å². The van der Waals surface area contributed by atoms with Crippen molar-refractivity contribution < 1.29 is 0 Å². The van der Waals surface area contributed by atoms with Crippen LogP contribution in [0.25, 0.3) is 50.6 Å². The Labute approximate surface area is 216 Å². The lowest BCUT2D eigenvalue weighted by atomic mass is 9.96. The van der Waals surface area contributed by atoms with Crippen molar-refractivity contribution in [3.05, 3.63) is 121 Å². The van der Waals surface area contributed by atoms with E-state index in [4.69, 9.17) is 15.0 Å². The molecule has 3 heterocycles. The first kappa shape index (κ1) is 21.7. The monoisotopic (exact) mass is 478 g/mol. The Kier molecular flexibility index (Phi) is 5.36. The predicted octanol–water partition coefficient (Wildman–Crippen LogP) is 7.70. The third kappa shape index (κ3) is 3.91. The van der Waals surface area contributed by atoms with Gasteiger partial charge >= 0.3 is 0 Å². The first-order valence-corrected chi connectivity index (χ1v) is 12.9. The topological polar surface area (TPSA) is 43.6 Å². The van der Waals surface area contributed by atoms with Gasteiger partial charge in [0.05, 0.1) is 11.4 Å². The van der Waals surface area contributed by atoms with E-state index in [0.29, 0.717) is 0 Å². The van der Waals surface area contributed by atoms with Gasteiger partial charge in [0, 0.05) is 39.7 Å². The lowest BCUT2D eigenvalue weighted by Crippen LogP contribution is -2.07. The molecule has 0 amide bonds. The average Bonchev–Trinajstić information content (AvgIpc) is 3.32. The summed E-state index contributed by atoms with van der Waals surface area (Å²) in [5, 5.41) is 1.28. The molecule has 3 aromatic carbocycles. The molecule has 0 atom stereocenters. The van der Waals surface area contributed by atoms with Crippen LogP contribution in [0.2, 0.25) is 0 Å². The normalized spacial score (nSPS) is 13.0. The van der Waals surface area contributed by atoms with E-state index in [9.17, 15) is 0 Å². The third-order valence-electron chi connectivity index (χ3n) is 7.26. The molecule has 6 aromatic rings. The molecule has 0 fully saturated rings. The number of hydrogen-bond donors (Lipinski definition) is 0. The van der Waals surface area contributed by atoms with Gasteiger partial charge in [-0.1, -0.05) is 72.8 Å². The van der Waals surface area contributed by atoms with E-state index in [1.54, 1.807) is 0 Å². The van der Waals surface area contributed by atoms with E-state index >= 15 is 0 Å². The van der Waals surface area contributed by atoms with Crippen LogP contribution in [0.5, 0.6) is 0 Å². The van der Waals surface area contributed by atoms with Crippen LogP contribution in [-0.2, 0) is 12.8 Å². The fraction of sp³-hybridized carbons (Fsp3) is 0.121. The minimum atomic E-state index is 0.729. The molecule has 0 saturated carbocycles. The summed E-state index contributed by atoms with van der Waals surface area (Å²) in [6.45, 7) is 0. The Bertz CT molecular complexity index is 1660. The summed E-state index contributed by atoms with van der Waals surface area (Å²) < 4.78 is 2.37. The van der Waals surface area contributed by atoms with Crippen LogP contribution in [0, 0.1) is 0 Å². The minimum Gasteiger partial charge on any atom is -0.298 e.